The maximum atomic E-state index is 13.6. The van der Waals surface area contributed by atoms with Gasteiger partial charge in [0.1, 0.15) is 24.3 Å². The maximum Gasteiger partial charge on any atom is 0.247 e. The van der Waals surface area contributed by atoms with Crippen LogP contribution in [0.5, 0.6) is 11.5 Å². The van der Waals surface area contributed by atoms with Crippen molar-refractivity contribution >= 4 is 23.9 Å². The molecule has 0 saturated heterocycles. The molecule has 10 heteroatoms. The monoisotopic (exact) mass is 564 g/mol. The number of Topliss-reactive ketones (excluding diaryl/α,β-unsaturated/α-hetero) is 1. The highest BCUT2D eigenvalue weighted by molar-refractivity contribution is 5.96. The second-order valence-electron chi connectivity index (χ2n) is 10.5. The Hall–Kier alpha value is -4.02. The van der Waals surface area contributed by atoms with Gasteiger partial charge in [0, 0.05) is 42.6 Å². The van der Waals surface area contributed by atoms with Crippen LogP contribution in [0.1, 0.15) is 59.2 Å². The molecule has 0 spiro atoms. The number of benzene rings is 2. The van der Waals surface area contributed by atoms with Gasteiger partial charge in [-0.05, 0) is 44.0 Å². The summed E-state index contributed by atoms with van der Waals surface area (Å²) in [6, 6.07) is 9.84. The van der Waals surface area contributed by atoms with E-state index < -0.39 is 30.1 Å². The number of ketones is 1. The van der Waals surface area contributed by atoms with Crippen LogP contribution >= 0.6 is 0 Å². The fourth-order valence-electron chi connectivity index (χ4n) is 5.44. The third kappa shape index (κ3) is 6.49. The molecule has 0 aromatic heterocycles. The van der Waals surface area contributed by atoms with Gasteiger partial charge >= 0.3 is 0 Å². The molecule has 218 valence electrons. The summed E-state index contributed by atoms with van der Waals surface area (Å²) in [5, 5.41) is 23.7. The second-order valence-corrected chi connectivity index (χ2v) is 10.5. The molecule has 1 aliphatic carbocycles. The van der Waals surface area contributed by atoms with E-state index in [9.17, 15) is 29.4 Å². The largest absolute Gasteiger partial charge is 0.493 e. The zero-order valence-corrected chi connectivity index (χ0v) is 23.5. The van der Waals surface area contributed by atoms with Crippen molar-refractivity contribution in [2.24, 2.45) is 0 Å². The molecule has 0 fully saturated rings. The SMILES string of the molecule is COc1cc(C=O)cc2c1OC1C2C(C(=O)NCCO)=CC(N(Cc2ccc(C)cc2)C(=O)CCCC(C)=O)C1O. The molecule has 41 heavy (non-hydrogen) atoms. The molecule has 2 aromatic rings. The molecule has 4 rings (SSSR count). The van der Waals surface area contributed by atoms with E-state index >= 15 is 0 Å². The summed E-state index contributed by atoms with van der Waals surface area (Å²) in [6.45, 7) is 3.32. The third-order valence-electron chi connectivity index (χ3n) is 7.48. The quantitative estimate of drug-likeness (QED) is 0.333. The molecule has 2 aliphatic rings. The number of aliphatic hydroxyl groups is 2. The smallest absolute Gasteiger partial charge is 0.247 e. The van der Waals surface area contributed by atoms with Gasteiger partial charge in [-0.1, -0.05) is 29.8 Å². The lowest BCUT2D eigenvalue weighted by Gasteiger charge is -2.41. The summed E-state index contributed by atoms with van der Waals surface area (Å²) >= 11 is 0. The summed E-state index contributed by atoms with van der Waals surface area (Å²) in [6.07, 6.45) is 0.730. The average Bonchev–Trinajstić information content (AvgIpc) is 3.35. The predicted molar refractivity (Wildman–Crippen MR) is 150 cm³/mol. The number of fused-ring (bicyclic) bond motifs is 3. The first-order valence-corrected chi connectivity index (χ1v) is 13.7. The molecule has 4 atom stereocenters. The van der Waals surface area contributed by atoms with Crippen molar-refractivity contribution < 1.29 is 38.9 Å². The molecule has 2 amide bonds. The van der Waals surface area contributed by atoms with Gasteiger partial charge < -0.3 is 34.7 Å². The molecule has 1 aliphatic heterocycles. The molecular weight excluding hydrogens is 528 g/mol. The molecular formula is C31H36N2O8. The third-order valence-corrected chi connectivity index (χ3v) is 7.48. The molecule has 4 unspecified atom stereocenters. The number of hydrogen-bond acceptors (Lipinski definition) is 8. The second kappa shape index (κ2) is 13.1. The Bertz CT molecular complexity index is 1340. The number of hydrogen-bond donors (Lipinski definition) is 3. The lowest BCUT2D eigenvalue weighted by Crippen LogP contribution is -2.55. The first-order valence-electron chi connectivity index (χ1n) is 13.7. The number of aryl methyl sites for hydroxylation is 1. The zero-order chi connectivity index (χ0) is 29.7. The van der Waals surface area contributed by atoms with Crippen LogP contribution in [0.4, 0.5) is 0 Å². The maximum absolute atomic E-state index is 13.6. The van der Waals surface area contributed by atoms with Gasteiger partial charge in [-0.25, -0.2) is 0 Å². The number of nitrogens with one attached hydrogen (secondary N) is 1. The number of amides is 2. The molecule has 1 heterocycles. The Morgan fingerprint density at radius 2 is 1.88 bits per heavy atom. The number of carbonyl (C=O) groups excluding carboxylic acids is 4. The normalized spacial score (nSPS) is 20.7. The number of aliphatic hydroxyl groups excluding tert-OH is 2. The van der Waals surface area contributed by atoms with Crippen molar-refractivity contribution in [2.45, 2.75) is 63.8 Å². The Morgan fingerprint density at radius 3 is 2.51 bits per heavy atom. The molecule has 0 saturated carbocycles. The van der Waals surface area contributed by atoms with E-state index in [-0.39, 0.29) is 55.6 Å². The van der Waals surface area contributed by atoms with Crippen LogP contribution < -0.4 is 14.8 Å². The fourth-order valence-corrected chi connectivity index (χ4v) is 5.44. The minimum absolute atomic E-state index is 0.00322. The van der Waals surface area contributed by atoms with Crippen molar-refractivity contribution in [3.8, 4) is 11.5 Å². The minimum atomic E-state index is -1.24. The van der Waals surface area contributed by atoms with Gasteiger partial charge in [0.25, 0.3) is 0 Å². The van der Waals surface area contributed by atoms with Crippen LogP contribution in [0.3, 0.4) is 0 Å². The van der Waals surface area contributed by atoms with Crippen molar-refractivity contribution in [1.29, 1.82) is 0 Å². The number of ether oxygens (including phenoxy) is 2. The number of aldehydes is 1. The van der Waals surface area contributed by atoms with E-state index in [0.29, 0.717) is 29.6 Å². The van der Waals surface area contributed by atoms with Crippen LogP contribution in [0.25, 0.3) is 0 Å². The van der Waals surface area contributed by atoms with E-state index in [1.165, 1.54) is 25.0 Å². The van der Waals surface area contributed by atoms with E-state index in [2.05, 4.69) is 5.32 Å². The fraction of sp³-hybridized carbons (Fsp3) is 0.419. The van der Waals surface area contributed by atoms with E-state index in [0.717, 1.165) is 11.1 Å². The van der Waals surface area contributed by atoms with Crippen LogP contribution in [-0.2, 0) is 20.9 Å². The number of nitrogens with zero attached hydrogens (tertiary/aromatic N) is 1. The Balaban J connectivity index is 1.79. The van der Waals surface area contributed by atoms with Crippen LogP contribution in [0.15, 0.2) is 48.0 Å². The van der Waals surface area contributed by atoms with Crippen molar-refractivity contribution in [1.82, 2.24) is 10.2 Å². The summed E-state index contributed by atoms with van der Waals surface area (Å²) in [7, 11) is 1.43. The summed E-state index contributed by atoms with van der Waals surface area (Å²) in [4.78, 5) is 51.8. The Morgan fingerprint density at radius 1 is 1.15 bits per heavy atom. The topological polar surface area (TPSA) is 142 Å². The van der Waals surface area contributed by atoms with Gasteiger partial charge in [-0.15, -0.1) is 0 Å². The van der Waals surface area contributed by atoms with E-state index in [1.807, 2.05) is 31.2 Å². The first-order chi connectivity index (χ1) is 19.7. The number of carbonyl (C=O) groups is 4. The van der Waals surface area contributed by atoms with Crippen molar-refractivity contribution in [2.75, 3.05) is 20.3 Å². The van der Waals surface area contributed by atoms with Gasteiger partial charge in [-0.2, -0.15) is 0 Å². The van der Waals surface area contributed by atoms with E-state index in [1.54, 1.807) is 12.1 Å². The van der Waals surface area contributed by atoms with Crippen molar-refractivity contribution in [3.63, 3.8) is 0 Å². The Kier molecular flexibility index (Phi) is 9.57. The standard InChI is InChI=1S/C31H36N2O8/c1-18-7-9-20(10-8-18)16-33(26(37)6-4-5-19(2)36)24-15-23(31(39)32-11-12-34)27-22-13-21(17-35)14-25(40-3)29(22)41-30(27)28(24)38/h7-10,13-15,17,24,27-28,30,34,38H,4-6,11-12,16H2,1-3H3,(H,32,39). The summed E-state index contributed by atoms with van der Waals surface area (Å²) in [5.41, 5.74) is 2.96. The van der Waals surface area contributed by atoms with Crippen LogP contribution in [0, 0.1) is 6.92 Å². The average molecular weight is 565 g/mol. The predicted octanol–water partition coefficient (Wildman–Crippen LogP) is 2.23. The lowest BCUT2D eigenvalue weighted by molar-refractivity contribution is -0.138. The molecule has 0 radical (unpaired) electrons. The minimum Gasteiger partial charge on any atom is -0.493 e. The lowest BCUT2D eigenvalue weighted by atomic mass is 9.77. The van der Waals surface area contributed by atoms with Crippen LogP contribution in [0.2, 0.25) is 0 Å². The highest BCUT2D eigenvalue weighted by Crippen LogP contribution is 2.51. The number of rotatable bonds is 12. The molecule has 10 nitrogen and oxygen atoms in total. The highest BCUT2D eigenvalue weighted by Gasteiger charge is 2.51. The molecule has 3 N–H and O–H groups in total. The Labute approximate surface area is 238 Å². The number of methoxy groups -OCH3 is 1. The highest BCUT2D eigenvalue weighted by atomic mass is 16.5. The van der Waals surface area contributed by atoms with Gasteiger partial charge in [0.15, 0.2) is 11.5 Å². The summed E-state index contributed by atoms with van der Waals surface area (Å²) in [5.74, 6) is -0.944. The van der Waals surface area contributed by atoms with Crippen LogP contribution in [-0.4, -0.2) is 77.5 Å². The molecule has 2 aromatic carbocycles. The molecule has 0 bridgehead atoms. The summed E-state index contributed by atoms with van der Waals surface area (Å²) < 4.78 is 11.7. The first kappa shape index (κ1) is 30.0. The van der Waals surface area contributed by atoms with Crippen molar-refractivity contribution in [3.05, 3.63) is 70.3 Å². The zero-order valence-electron chi connectivity index (χ0n) is 23.5. The van der Waals surface area contributed by atoms with Gasteiger partial charge in [0.05, 0.1) is 25.7 Å². The van der Waals surface area contributed by atoms with E-state index in [4.69, 9.17) is 9.47 Å². The van der Waals surface area contributed by atoms with Gasteiger partial charge in [0.2, 0.25) is 11.8 Å². The van der Waals surface area contributed by atoms with Gasteiger partial charge in [-0.3, -0.25) is 14.4 Å².